The summed E-state index contributed by atoms with van der Waals surface area (Å²) in [7, 11) is 0. The predicted octanol–water partition coefficient (Wildman–Crippen LogP) is 5.38. The zero-order valence-electron chi connectivity index (χ0n) is 14.8. The fourth-order valence-electron chi connectivity index (χ4n) is 1.82. The largest absolute Gasteiger partial charge is 0.396 e. The second-order valence-corrected chi connectivity index (χ2v) is 7.34. The van der Waals surface area contributed by atoms with E-state index in [1.807, 2.05) is 13.8 Å². The zero-order valence-corrected chi connectivity index (χ0v) is 14.8. The first-order chi connectivity index (χ1) is 9.24. The number of aliphatic hydroxyl groups excluding tert-OH is 1. The van der Waals surface area contributed by atoms with Gasteiger partial charge in [-0.05, 0) is 18.3 Å². The molecule has 0 saturated carbocycles. The molecule has 0 amide bonds. The van der Waals surface area contributed by atoms with Crippen LogP contribution in [0.2, 0.25) is 0 Å². The Labute approximate surface area is 127 Å². The molecule has 0 aliphatic rings. The van der Waals surface area contributed by atoms with Crippen molar-refractivity contribution < 1.29 is 9.90 Å². The van der Waals surface area contributed by atoms with Crippen LogP contribution in [0.3, 0.4) is 0 Å². The van der Waals surface area contributed by atoms with Gasteiger partial charge in [-0.1, -0.05) is 80.1 Å². The van der Waals surface area contributed by atoms with E-state index in [2.05, 4.69) is 27.7 Å². The molecule has 2 nitrogen and oxygen atoms in total. The highest BCUT2D eigenvalue weighted by molar-refractivity contribution is 5.57. The van der Waals surface area contributed by atoms with Gasteiger partial charge in [0.25, 0.3) is 0 Å². The smallest absolute Gasteiger partial charge is 0.125 e. The van der Waals surface area contributed by atoms with Crippen molar-refractivity contribution in [2.75, 3.05) is 6.61 Å². The van der Waals surface area contributed by atoms with Gasteiger partial charge in [0.05, 0.1) is 0 Å². The topological polar surface area (TPSA) is 37.3 Å². The lowest BCUT2D eigenvalue weighted by molar-refractivity contribution is -0.115. The Morgan fingerprint density at radius 3 is 1.65 bits per heavy atom. The van der Waals surface area contributed by atoms with Crippen LogP contribution in [0.4, 0.5) is 0 Å². The molecule has 0 atom stereocenters. The molecule has 0 saturated heterocycles. The molecule has 0 aromatic carbocycles. The number of carbonyl (C=O) groups is 1. The molecule has 0 fully saturated rings. The summed E-state index contributed by atoms with van der Waals surface area (Å²) in [4.78, 5) is 10.4. The van der Waals surface area contributed by atoms with Crippen LogP contribution >= 0.6 is 0 Å². The number of rotatable bonds is 10. The first kappa shape index (κ1) is 21.9. The van der Waals surface area contributed by atoms with E-state index in [1.54, 1.807) is 0 Å². The maximum atomic E-state index is 10.4. The van der Waals surface area contributed by atoms with E-state index in [4.69, 9.17) is 5.11 Å². The molecule has 122 valence electrons. The van der Waals surface area contributed by atoms with Crippen LogP contribution in [0, 0.1) is 10.8 Å². The third-order valence-corrected chi connectivity index (χ3v) is 3.63. The van der Waals surface area contributed by atoms with Gasteiger partial charge in [0.2, 0.25) is 0 Å². The average Bonchev–Trinajstić information content (AvgIpc) is 2.40. The van der Waals surface area contributed by atoms with Crippen molar-refractivity contribution in [3.63, 3.8) is 0 Å². The van der Waals surface area contributed by atoms with E-state index in [0.29, 0.717) is 6.61 Å². The van der Waals surface area contributed by atoms with Crippen molar-refractivity contribution in [2.45, 2.75) is 92.9 Å². The molecule has 0 aliphatic heterocycles. The summed E-state index contributed by atoms with van der Waals surface area (Å²) in [6.45, 7) is 12.9. The van der Waals surface area contributed by atoms with Gasteiger partial charge in [-0.2, -0.15) is 0 Å². The van der Waals surface area contributed by atoms with E-state index in [-0.39, 0.29) is 10.8 Å². The molecule has 0 rings (SSSR count). The number of unbranched alkanes of at least 4 members (excludes halogenated alkanes) is 4. The summed E-state index contributed by atoms with van der Waals surface area (Å²) < 4.78 is 0. The van der Waals surface area contributed by atoms with Gasteiger partial charge in [-0.15, -0.1) is 0 Å². The van der Waals surface area contributed by atoms with Gasteiger partial charge in [-0.25, -0.2) is 0 Å². The lowest BCUT2D eigenvalue weighted by Gasteiger charge is -2.20. The molecule has 1 N–H and O–H groups in total. The molecule has 0 spiro atoms. The molecule has 2 heteroatoms. The third kappa shape index (κ3) is 15.7. The fourth-order valence-corrected chi connectivity index (χ4v) is 1.82. The molecule has 0 aromatic rings. The first-order valence-corrected chi connectivity index (χ1v) is 8.32. The summed E-state index contributed by atoms with van der Waals surface area (Å²) in [5.41, 5.74) is 0.0599. The van der Waals surface area contributed by atoms with Crippen molar-refractivity contribution in [3.05, 3.63) is 0 Å². The number of carbonyl (C=O) groups excluding carboxylic acids is 1. The summed E-state index contributed by atoms with van der Waals surface area (Å²) in [5, 5.41) is 8.89. The highest BCUT2D eigenvalue weighted by Crippen LogP contribution is 2.22. The standard InChI is InChI=1S/C9H20O.C9H18O/c2*1-4-5-6-7-9(2,3)8-10/h10H,4-8H2,1-3H3;8H,4-7H2,1-3H3. The summed E-state index contributed by atoms with van der Waals surface area (Å²) >= 11 is 0. The Kier molecular flexibility index (Phi) is 13.6. The molecule has 0 radical (unpaired) electrons. The van der Waals surface area contributed by atoms with Gasteiger partial charge >= 0.3 is 0 Å². The van der Waals surface area contributed by atoms with Crippen LogP contribution in [0.1, 0.15) is 92.9 Å². The quantitative estimate of drug-likeness (QED) is 0.432. The average molecular weight is 286 g/mol. The minimum atomic E-state index is -0.0881. The molecule has 0 aliphatic carbocycles. The van der Waals surface area contributed by atoms with Crippen LogP contribution in [-0.2, 0) is 4.79 Å². The molecule has 0 unspecified atom stereocenters. The molecule has 0 heterocycles. The van der Waals surface area contributed by atoms with Gasteiger partial charge in [0.1, 0.15) is 6.29 Å². The van der Waals surface area contributed by atoms with Crippen molar-refractivity contribution in [1.82, 2.24) is 0 Å². The van der Waals surface area contributed by atoms with Crippen LogP contribution in [-0.4, -0.2) is 18.0 Å². The Bertz CT molecular complexity index is 219. The first-order valence-electron chi connectivity index (χ1n) is 8.32. The van der Waals surface area contributed by atoms with E-state index in [0.717, 1.165) is 19.1 Å². The molecule has 20 heavy (non-hydrogen) atoms. The van der Waals surface area contributed by atoms with E-state index < -0.39 is 0 Å². The van der Waals surface area contributed by atoms with Crippen molar-refractivity contribution >= 4 is 6.29 Å². The maximum absolute atomic E-state index is 10.4. The Balaban J connectivity index is 0. The highest BCUT2D eigenvalue weighted by Gasteiger charge is 2.15. The normalized spacial score (nSPS) is 11.8. The highest BCUT2D eigenvalue weighted by atomic mass is 16.3. The molecule has 0 bridgehead atoms. The number of hydrogen-bond acceptors (Lipinski definition) is 2. The van der Waals surface area contributed by atoms with Gasteiger partial charge in [0, 0.05) is 12.0 Å². The Morgan fingerprint density at radius 2 is 1.30 bits per heavy atom. The van der Waals surface area contributed by atoms with Crippen molar-refractivity contribution in [1.29, 1.82) is 0 Å². The molecule has 0 aromatic heterocycles. The van der Waals surface area contributed by atoms with E-state index in [1.165, 1.54) is 38.5 Å². The summed E-state index contributed by atoms with van der Waals surface area (Å²) in [6, 6.07) is 0. The Hall–Kier alpha value is -0.370. The maximum Gasteiger partial charge on any atom is 0.125 e. The molecular weight excluding hydrogens is 248 g/mol. The van der Waals surface area contributed by atoms with Crippen molar-refractivity contribution in [2.24, 2.45) is 10.8 Å². The van der Waals surface area contributed by atoms with Gasteiger partial charge < -0.3 is 9.90 Å². The summed E-state index contributed by atoms with van der Waals surface area (Å²) in [6.07, 6.45) is 10.7. The van der Waals surface area contributed by atoms with Crippen LogP contribution in [0.5, 0.6) is 0 Å². The van der Waals surface area contributed by atoms with Crippen LogP contribution in [0.15, 0.2) is 0 Å². The van der Waals surface area contributed by atoms with Gasteiger partial charge in [-0.3, -0.25) is 0 Å². The minimum Gasteiger partial charge on any atom is -0.396 e. The monoisotopic (exact) mass is 286 g/mol. The van der Waals surface area contributed by atoms with Gasteiger partial charge in [0.15, 0.2) is 0 Å². The number of aliphatic hydroxyl groups is 1. The summed E-state index contributed by atoms with van der Waals surface area (Å²) in [5.74, 6) is 0. The second kappa shape index (κ2) is 12.4. The lowest BCUT2D eigenvalue weighted by atomic mass is 9.88. The second-order valence-electron chi connectivity index (χ2n) is 7.34. The molecular formula is C18H38O2. The fraction of sp³-hybridized carbons (Fsp3) is 0.944. The minimum absolute atomic E-state index is 0.0881. The van der Waals surface area contributed by atoms with E-state index >= 15 is 0 Å². The van der Waals surface area contributed by atoms with Crippen molar-refractivity contribution in [3.8, 4) is 0 Å². The predicted molar refractivity (Wildman–Crippen MR) is 89.0 cm³/mol. The van der Waals surface area contributed by atoms with Crippen LogP contribution in [0.25, 0.3) is 0 Å². The SMILES string of the molecule is CCCCCC(C)(C)C=O.CCCCCC(C)(C)CO. The third-order valence-electron chi connectivity index (χ3n) is 3.63. The zero-order chi connectivity index (χ0) is 16.1. The number of aldehydes is 1. The lowest BCUT2D eigenvalue weighted by Crippen LogP contribution is -2.15. The number of hydrogen-bond donors (Lipinski definition) is 1. The Morgan fingerprint density at radius 1 is 0.850 bits per heavy atom. The van der Waals surface area contributed by atoms with Crippen LogP contribution < -0.4 is 0 Å². The van der Waals surface area contributed by atoms with E-state index in [9.17, 15) is 4.79 Å².